The van der Waals surface area contributed by atoms with E-state index in [0.29, 0.717) is 6.42 Å². The normalized spacial score (nSPS) is 31.2. The minimum absolute atomic E-state index is 0.258. The van der Waals surface area contributed by atoms with E-state index in [4.69, 9.17) is 4.52 Å². The zero-order valence-electron chi connectivity index (χ0n) is 13.4. The number of hydrogen-bond donors (Lipinski definition) is 0. The molecule has 3 atom stereocenters. The van der Waals surface area contributed by atoms with Crippen molar-refractivity contribution in [2.75, 3.05) is 7.11 Å². The molecule has 2 saturated carbocycles. The summed E-state index contributed by atoms with van der Waals surface area (Å²) >= 11 is 0. The van der Waals surface area contributed by atoms with E-state index in [1.807, 2.05) is 0 Å². The van der Waals surface area contributed by atoms with Gasteiger partial charge in [-0.2, -0.15) is 0 Å². The fourth-order valence-corrected chi connectivity index (χ4v) is 6.42. The van der Waals surface area contributed by atoms with E-state index in [1.54, 1.807) is 44.2 Å². The first kappa shape index (κ1) is 16.3. The maximum atomic E-state index is 13.4. The Labute approximate surface area is 134 Å². The monoisotopic (exact) mass is 334 g/mol. The molecule has 3 rings (SSSR count). The smallest absolute Gasteiger partial charge is 0.296 e. The quantitative estimate of drug-likeness (QED) is 0.480. The Balaban J connectivity index is 2.18. The van der Waals surface area contributed by atoms with Crippen LogP contribution in [-0.2, 0) is 23.5 Å². The molecule has 0 spiro atoms. The molecule has 0 amide bonds. The highest BCUT2D eigenvalue weighted by Gasteiger charge is 2.74. The van der Waals surface area contributed by atoms with Gasteiger partial charge in [0, 0.05) is 18.3 Å². The summed E-state index contributed by atoms with van der Waals surface area (Å²) in [6.45, 7) is 3.49. The fraction of sp³-hybridized carbons (Fsp3) is 0.471. The lowest BCUT2D eigenvalue weighted by molar-refractivity contribution is -0.145. The highest BCUT2D eigenvalue weighted by Crippen LogP contribution is 2.68. The van der Waals surface area contributed by atoms with Gasteiger partial charge in [-0.05, 0) is 30.4 Å². The number of ketones is 2. The molecule has 3 unspecified atom stereocenters. The molecular weight excluding hydrogens is 315 g/mol. The largest absolute Gasteiger partial charge is 0.323 e. The van der Waals surface area contributed by atoms with Crippen molar-refractivity contribution in [3.05, 3.63) is 30.3 Å². The molecule has 2 fully saturated rings. The predicted molar refractivity (Wildman–Crippen MR) is 84.7 cm³/mol. The molecule has 1 aromatic rings. The lowest BCUT2D eigenvalue weighted by Crippen LogP contribution is -2.45. The summed E-state index contributed by atoms with van der Waals surface area (Å²) in [7, 11) is -2.69. The van der Waals surface area contributed by atoms with Crippen LogP contribution in [0.25, 0.3) is 0 Å². The molecular formula is C17H19O5P. The maximum Gasteiger partial charge on any atom is 0.296 e. The Morgan fingerprint density at radius 3 is 2.30 bits per heavy atom. The van der Waals surface area contributed by atoms with Crippen molar-refractivity contribution >= 4 is 29.8 Å². The van der Waals surface area contributed by atoms with E-state index >= 15 is 0 Å². The van der Waals surface area contributed by atoms with Gasteiger partial charge in [-0.25, -0.2) is 0 Å². The zero-order valence-corrected chi connectivity index (χ0v) is 14.3. The molecule has 23 heavy (non-hydrogen) atoms. The molecule has 2 bridgehead atoms. The van der Waals surface area contributed by atoms with Crippen molar-refractivity contribution in [2.24, 2.45) is 16.7 Å². The summed E-state index contributed by atoms with van der Waals surface area (Å²) in [6, 6.07) is 8.18. The highest BCUT2D eigenvalue weighted by atomic mass is 31.2. The van der Waals surface area contributed by atoms with E-state index in [2.05, 4.69) is 0 Å². The van der Waals surface area contributed by atoms with E-state index in [9.17, 15) is 18.9 Å². The van der Waals surface area contributed by atoms with E-state index in [-0.39, 0.29) is 11.7 Å². The molecule has 0 saturated heterocycles. The van der Waals surface area contributed by atoms with Gasteiger partial charge in [-0.3, -0.25) is 18.9 Å². The second-order valence-electron chi connectivity index (χ2n) is 6.79. The lowest BCUT2D eigenvalue weighted by Gasteiger charge is -2.35. The van der Waals surface area contributed by atoms with Gasteiger partial charge in [0.2, 0.25) is 17.1 Å². The number of hydrogen-bond acceptors (Lipinski definition) is 5. The number of carbonyl (C=O) groups excluding carboxylic acids is 3. The van der Waals surface area contributed by atoms with Crippen LogP contribution in [0.5, 0.6) is 0 Å². The third-order valence-corrected chi connectivity index (χ3v) is 8.10. The van der Waals surface area contributed by atoms with Crippen molar-refractivity contribution < 1.29 is 23.5 Å². The molecule has 122 valence electrons. The lowest BCUT2D eigenvalue weighted by atomic mass is 9.70. The van der Waals surface area contributed by atoms with Crippen molar-refractivity contribution in [1.82, 2.24) is 0 Å². The van der Waals surface area contributed by atoms with Gasteiger partial charge in [0.05, 0.1) is 0 Å². The predicted octanol–water partition coefficient (Wildman–Crippen LogP) is 2.34. The Morgan fingerprint density at radius 2 is 1.83 bits per heavy atom. The first-order valence-corrected chi connectivity index (χ1v) is 9.21. The number of rotatable bonds is 4. The molecule has 0 aromatic heterocycles. The SMILES string of the molecule is COP(=O)(C(=O)C12CCC(C(=O)C1=O)C2(C)C)c1ccccc1. The van der Waals surface area contributed by atoms with Gasteiger partial charge in [-0.15, -0.1) is 0 Å². The van der Waals surface area contributed by atoms with Gasteiger partial charge < -0.3 is 4.52 Å². The minimum Gasteiger partial charge on any atom is -0.323 e. The van der Waals surface area contributed by atoms with Crippen LogP contribution < -0.4 is 5.30 Å². The number of carbonyl (C=O) groups is 3. The van der Waals surface area contributed by atoms with Gasteiger partial charge in [0.1, 0.15) is 5.41 Å². The van der Waals surface area contributed by atoms with E-state index in [0.717, 1.165) is 0 Å². The van der Waals surface area contributed by atoms with Crippen molar-refractivity contribution in [1.29, 1.82) is 0 Å². The average molecular weight is 334 g/mol. The molecule has 1 aromatic carbocycles. The van der Waals surface area contributed by atoms with Crippen LogP contribution in [0, 0.1) is 16.7 Å². The highest BCUT2D eigenvalue weighted by molar-refractivity contribution is 7.83. The van der Waals surface area contributed by atoms with Crippen LogP contribution in [0.15, 0.2) is 30.3 Å². The molecule has 0 heterocycles. The first-order valence-electron chi connectivity index (χ1n) is 7.58. The molecule has 5 nitrogen and oxygen atoms in total. The summed E-state index contributed by atoms with van der Waals surface area (Å²) in [4.78, 5) is 38.1. The topological polar surface area (TPSA) is 77.5 Å². The number of Topliss-reactive ketones (excluding diaryl/α,β-unsaturated/α-hetero) is 2. The zero-order chi connectivity index (χ0) is 17.0. The third-order valence-electron chi connectivity index (χ3n) is 5.69. The summed E-state index contributed by atoms with van der Waals surface area (Å²) in [5.41, 5.74) is -3.10. The standard InChI is InChI=1S/C17H19O5P/c1-16(2)12-9-10-17(16,14(19)13(12)18)15(20)23(21,22-3)11-7-5-4-6-8-11/h4-8,12H,9-10H2,1-3H3. The van der Waals surface area contributed by atoms with E-state index < -0.39 is 41.2 Å². The molecule has 2 aliphatic rings. The van der Waals surface area contributed by atoms with Crippen molar-refractivity contribution in [2.45, 2.75) is 26.7 Å². The van der Waals surface area contributed by atoms with Crippen LogP contribution in [0.2, 0.25) is 0 Å². The van der Waals surface area contributed by atoms with Gasteiger partial charge in [0.25, 0.3) is 7.37 Å². The van der Waals surface area contributed by atoms with Gasteiger partial charge in [0.15, 0.2) is 0 Å². The molecule has 6 heteroatoms. The van der Waals surface area contributed by atoms with Crippen LogP contribution in [0.3, 0.4) is 0 Å². The summed E-state index contributed by atoms with van der Waals surface area (Å²) in [5.74, 6) is -1.68. The van der Waals surface area contributed by atoms with E-state index in [1.165, 1.54) is 7.11 Å². The second kappa shape index (κ2) is 4.96. The molecule has 2 aliphatic carbocycles. The minimum atomic E-state index is -3.90. The Morgan fingerprint density at radius 1 is 1.22 bits per heavy atom. The molecule has 0 aliphatic heterocycles. The first-order chi connectivity index (χ1) is 10.7. The van der Waals surface area contributed by atoms with Crippen LogP contribution in [0.1, 0.15) is 26.7 Å². The van der Waals surface area contributed by atoms with Crippen LogP contribution in [0.4, 0.5) is 0 Å². The average Bonchev–Trinajstić information content (AvgIpc) is 2.90. The number of fused-ring (bicyclic) bond motifs is 2. The third kappa shape index (κ3) is 1.78. The van der Waals surface area contributed by atoms with Gasteiger partial charge >= 0.3 is 0 Å². The maximum absolute atomic E-state index is 13.4. The Hall–Kier alpha value is -1.58. The summed E-state index contributed by atoms with van der Waals surface area (Å²) < 4.78 is 18.5. The summed E-state index contributed by atoms with van der Waals surface area (Å²) in [5, 5.41) is 0.258. The Bertz CT molecular complexity index is 752. The summed E-state index contributed by atoms with van der Waals surface area (Å²) in [6.07, 6.45) is 0.732. The Kier molecular flexibility index (Phi) is 3.51. The van der Waals surface area contributed by atoms with Crippen LogP contribution >= 0.6 is 7.37 Å². The fourth-order valence-electron chi connectivity index (χ4n) is 4.24. The van der Waals surface area contributed by atoms with Crippen molar-refractivity contribution in [3.8, 4) is 0 Å². The number of benzene rings is 1. The molecule has 0 N–H and O–H groups in total. The second-order valence-corrected chi connectivity index (χ2v) is 9.18. The van der Waals surface area contributed by atoms with Crippen LogP contribution in [-0.4, -0.2) is 24.2 Å². The molecule has 0 radical (unpaired) electrons. The van der Waals surface area contributed by atoms with Crippen molar-refractivity contribution in [3.63, 3.8) is 0 Å². The van der Waals surface area contributed by atoms with Gasteiger partial charge in [-0.1, -0.05) is 32.0 Å².